The molecule has 0 saturated carbocycles. The summed E-state index contributed by atoms with van der Waals surface area (Å²) in [6.07, 6.45) is 6.72. The minimum Gasteiger partial charge on any atom is -0.367 e. The third kappa shape index (κ3) is 5.85. The molecule has 2 N–H and O–H groups in total. The Bertz CT molecular complexity index is 1380. The van der Waals surface area contributed by atoms with Crippen LogP contribution < -0.4 is 10.6 Å². The summed E-state index contributed by atoms with van der Waals surface area (Å²) in [6, 6.07) is 7.86. The van der Waals surface area contributed by atoms with Crippen LogP contribution in [0.25, 0.3) is 22.2 Å². The number of fused-ring (bicyclic) bond motifs is 1. The molecule has 1 aromatic carbocycles. The third-order valence-electron chi connectivity index (χ3n) is 6.27. The minimum atomic E-state index is -0.413. The second kappa shape index (κ2) is 10.9. The summed E-state index contributed by atoms with van der Waals surface area (Å²) in [5.74, 6) is 0.598. The molecule has 4 aromatic rings. The van der Waals surface area contributed by atoms with Gasteiger partial charge in [0.15, 0.2) is 11.5 Å². The smallest absolute Gasteiger partial charge is 0.279 e. The molecule has 0 radical (unpaired) electrons. The fourth-order valence-electron chi connectivity index (χ4n) is 4.40. The number of carbonyl (C=O) groups excluding carboxylic acids is 1. The average molecular weight is 505 g/mol. The van der Waals surface area contributed by atoms with Crippen LogP contribution in [0.15, 0.2) is 42.9 Å². The quantitative estimate of drug-likeness (QED) is 0.371. The van der Waals surface area contributed by atoms with Gasteiger partial charge in [-0.05, 0) is 44.9 Å². The Labute approximate surface area is 213 Å². The Morgan fingerprint density at radius 1 is 1.11 bits per heavy atom. The van der Waals surface area contributed by atoms with Gasteiger partial charge in [0.2, 0.25) is 0 Å². The van der Waals surface area contributed by atoms with Gasteiger partial charge in [-0.25, -0.2) is 14.1 Å². The van der Waals surface area contributed by atoms with Gasteiger partial charge in [-0.2, -0.15) is 0 Å². The molecule has 5 rings (SSSR count). The van der Waals surface area contributed by atoms with Gasteiger partial charge < -0.3 is 15.5 Å². The number of hydrogen-bond acceptors (Lipinski definition) is 9. The average Bonchev–Trinajstić information content (AvgIpc) is 3.39. The molecule has 3 aromatic heterocycles. The van der Waals surface area contributed by atoms with Gasteiger partial charge in [-0.15, -0.1) is 15.3 Å². The highest BCUT2D eigenvalue weighted by Crippen LogP contribution is 2.24. The Kier molecular flexibility index (Phi) is 7.26. The Hall–Kier alpha value is -4.06. The van der Waals surface area contributed by atoms with E-state index in [1.807, 2.05) is 32.0 Å². The van der Waals surface area contributed by atoms with Crippen molar-refractivity contribution in [3.63, 3.8) is 0 Å². The molecule has 4 heterocycles. The van der Waals surface area contributed by atoms with Crippen molar-refractivity contribution in [1.82, 2.24) is 40.1 Å². The fraction of sp³-hybridized carbons (Fsp3) is 0.400. The van der Waals surface area contributed by atoms with Crippen LogP contribution in [0.4, 0.5) is 16.0 Å². The van der Waals surface area contributed by atoms with Crippen LogP contribution in [0.3, 0.4) is 0 Å². The van der Waals surface area contributed by atoms with E-state index in [-0.39, 0.29) is 24.5 Å². The lowest BCUT2D eigenvalue weighted by atomic mass is 10.1. The molecular formula is C25H29FN10O. The first-order chi connectivity index (χ1) is 18.0. The fourth-order valence-corrected chi connectivity index (χ4v) is 4.40. The van der Waals surface area contributed by atoms with Crippen LogP contribution in [-0.4, -0.2) is 78.3 Å². The summed E-state index contributed by atoms with van der Waals surface area (Å²) < 4.78 is 14.3. The van der Waals surface area contributed by atoms with E-state index in [0.717, 1.165) is 42.6 Å². The maximum absolute atomic E-state index is 12.8. The lowest BCUT2D eigenvalue weighted by molar-refractivity contribution is 0.102. The second-order valence-electron chi connectivity index (χ2n) is 9.39. The van der Waals surface area contributed by atoms with E-state index in [2.05, 4.69) is 46.0 Å². The van der Waals surface area contributed by atoms with Gasteiger partial charge in [0.05, 0.1) is 35.8 Å². The number of amides is 1. The highest BCUT2D eigenvalue weighted by Gasteiger charge is 2.22. The summed E-state index contributed by atoms with van der Waals surface area (Å²) in [7, 11) is 0. The number of alkyl halides is 1. The van der Waals surface area contributed by atoms with Crippen molar-refractivity contribution in [2.45, 2.75) is 38.8 Å². The van der Waals surface area contributed by atoms with Gasteiger partial charge in [-0.1, -0.05) is 11.3 Å². The van der Waals surface area contributed by atoms with E-state index in [1.165, 1.54) is 0 Å². The van der Waals surface area contributed by atoms with Crippen LogP contribution >= 0.6 is 0 Å². The summed E-state index contributed by atoms with van der Waals surface area (Å²) in [5.41, 5.74) is 2.49. The number of likely N-dealkylation sites (tertiary alicyclic amines) is 1. The first-order valence-corrected chi connectivity index (χ1v) is 12.4. The van der Waals surface area contributed by atoms with Crippen molar-refractivity contribution in [3.05, 3.63) is 48.5 Å². The molecule has 192 valence electrons. The van der Waals surface area contributed by atoms with E-state index in [4.69, 9.17) is 0 Å². The predicted octanol–water partition coefficient (Wildman–Crippen LogP) is 3.36. The molecule has 0 unspecified atom stereocenters. The normalized spacial score (nSPS) is 14.8. The van der Waals surface area contributed by atoms with Crippen molar-refractivity contribution in [2.24, 2.45) is 0 Å². The molecule has 1 saturated heterocycles. The Balaban J connectivity index is 1.28. The lowest BCUT2D eigenvalue weighted by Gasteiger charge is -2.30. The number of nitrogens with one attached hydrogen (secondary N) is 2. The van der Waals surface area contributed by atoms with Crippen molar-refractivity contribution in [1.29, 1.82) is 0 Å². The number of benzene rings is 1. The van der Waals surface area contributed by atoms with E-state index >= 15 is 0 Å². The molecule has 1 aliphatic heterocycles. The standard InChI is InChI=1S/C25H29FN10O/c1-16(2)28-24-14-27-13-21(29-24)17-3-4-20-18(11-17)12-23(33-31-20)30-25(37)22-15-36(34-32-22)19-5-8-35(9-6-19)10-7-26/h3-4,11-16,19H,5-10H2,1-2H3,(H,28,29)(H,30,33,37). The number of anilines is 2. The number of hydrogen-bond donors (Lipinski definition) is 2. The topological polar surface area (TPSA) is 127 Å². The monoisotopic (exact) mass is 504 g/mol. The van der Waals surface area contributed by atoms with Gasteiger partial charge in [-0.3, -0.25) is 9.78 Å². The van der Waals surface area contributed by atoms with Crippen molar-refractivity contribution in [2.75, 3.05) is 36.9 Å². The maximum Gasteiger partial charge on any atom is 0.279 e. The first kappa shape index (κ1) is 24.6. The highest BCUT2D eigenvalue weighted by molar-refractivity contribution is 6.02. The van der Waals surface area contributed by atoms with Crippen LogP contribution in [-0.2, 0) is 0 Å². The van der Waals surface area contributed by atoms with Crippen molar-refractivity contribution >= 4 is 28.4 Å². The molecule has 11 nitrogen and oxygen atoms in total. The summed E-state index contributed by atoms with van der Waals surface area (Å²) >= 11 is 0. The number of rotatable bonds is 8. The number of nitrogens with zero attached hydrogens (tertiary/aromatic N) is 8. The Morgan fingerprint density at radius 2 is 1.95 bits per heavy atom. The van der Waals surface area contributed by atoms with Crippen LogP contribution in [0.5, 0.6) is 0 Å². The molecular weight excluding hydrogens is 475 g/mol. The number of aromatic nitrogens is 7. The van der Waals surface area contributed by atoms with E-state index in [9.17, 15) is 9.18 Å². The zero-order valence-electron chi connectivity index (χ0n) is 20.8. The van der Waals surface area contributed by atoms with Gasteiger partial charge in [0.25, 0.3) is 5.91 Å². The van der Waals surface area contributed by atoms with Crippen molar-refractivity contribution in [3.8, 4) is 11.3 Å². The number of piperidine rings is 1. The lowest BCUT2D eigenvalue weighted by Crippen LogP contribution is -2.36. The van der Waals surface area contributed by atoms with E-state index in [1.54, 1.807) is 29.3 Å². The Morgan fingerprint density at radius 3 is 2.73 bits per heavy atom. The number of carbonyl (C=O) groups is 1. The molecule has 1 amide bonds. The molecule has 0 aliphatic carbocycles. The highest BCUT2D eigenvalue weighted by atomic mass is 19.1. The molecule has 37 heavy (non-hydrogen) atoms. The van der Waals surface area contributed by atoms with Crippen LogP contribution in [0, 0.1) is 0 Å². The SMILES string of the molecule is CC(C)Nc1cncc(-c2ccc3nnc(NC(=O)c4cn(C5CCN(CCF)CC5)nn4)cc3c2)n1. The molecule has 0 bridgehead atoms. The largest absolute Gasteiger partial charge is 0.367 e. The van der Waals surface area contributed by atoms with Crippen molar-refractivity contribution < 1.29 is 9.18 Å². The van der Waals surface area contributed by atoms with Gasteiger partial charge in [0, 0.05) is 36.6 Å². The zero-order chi connectivity index (χ0) is 25.8. The zero-order valence-corrected chi connectivity index (χ0v) is 20.8. The first-order valence-electron chi connectivity index (χ1n) is 12.4. The molecule has 12 heteroatoms. The second-order valence-corrected chi connectivity index (χ2v) is 9.39. The third-order valence-corrected chi connectivity index (χ3v) is 6.27. The molecule has 1 fully saturated rings. The van der Waals surface area contributed by atoms with E-state index < -0.39 is 5.91 Å². The maximum atomic E-state index is 12.8. The summed E-state index contributed by atoms with van der Waals surface area (Å²) in [4.78, 5) is 23.8. The predicted molar refractivity (Wildman–Crippen MR) is 138 cm³/mol. The van der Waals surface area contributed by atoms with Gasteiger partial charge in [0.1, 0.15) is 12.5 Å². The van der Waals surface area contributed by atoms with Crippen LogP contribution in [0.1, 0.15) is 43.2 Å². The summed E-state index contributed by atoms with van der Waals surface area (Å²) in [6.45, 7) is 5.80. The molecule has 1 aliphatic rings. The summed E-state index contributed by atoms with van der Waals surface area (Å²) in [5, 5.41) is 23.4. The molecule has 0 spiro atoms. The van der Waals surface area contributed by atoms with Crippen LogP contribution in [0.2, 0.25) is 0 Å². The molecule has 0 atom stereocenters. The minimum absolute atomic E-state index is 0.140. The number of halogens is 1. The van der Waals surface area contributed by atoms with Gasteiger partial charge >= 0.3 is 0 Å². The van der Waals surface area contributed by atoms with E-state index in [0.29, 0.717) is 23.7 Å².